The summed E-state index contributed by atoms with van der Waals surface area (Å²) in [5, 5.41) is -0.805. The SMILES string of the molecule is O=CC1c2ccccc2SN1C(=O)C(Cl)CCl. The van der Waals surface area contributed by atoms with E-state index in [1.165, 1.54) is 16.3 Å². The van der Waals surface area contributed by atoms with Gasteiger partial charge in [-0.15, -0.1) is 23.2 Å². The first-order valence-corrected chi connectivity index (χ1v) is 6.68. The predicted molar refractivity (Wildman–Crippen MR) is 68.3 cm³/mol. The molecular formula is C11H9Cl2NO2S. The Balaban J connectivity index is 2.29. The van der Waals surface area contributed by atoms with Crippen LogP contribution in [-0.4, -0.2) is 27.8 Å². The Hall–Kier alpha value is -0.710. The van der Waals surface area contributed by atoms with Crippen molar-refractivity contribution in [3.63, 3.8) is 0 Å². The van der Waals surface area contributed by atoms with Gasteiger partial charge in [0.2, 0.25) is 0 Å². The summed E-state index contributed by atoms with van der Waals surface area (Å²) in [6, 6.07) is 6.82. The normalized spacial score (nSPS) is 19.9. The maximum absolute atomic E-state index is 11.9. The molecule has 0 bridgehead atoms. The van der Waals surface area contributed by atoms with Crippen molar-refractivity contribution in [1.29, 1.82) is 0 Å². The van der Waals surface area contributed by atoms with Crippen molar-refractivity contribution in [2.24, 2.45) is 0 Å². The van der Waals surface area contributed by atoms with Crippen LogP contribution in [0.5, 0.6) is 0 Å². The second kappa shape index (κ2) is 5.29. The molecular weight excluding hydrogens is 281 g/mol. The lowest BCUT2D eigenvalue weighted by Crippen LogP contribution is -2.33. The van der Waals surface area contributed by atoms with Crippen molar-refractivity contribution in [3.05, 3.63) is 29.8 Å². The fraction of sp³-hybridized carbons (Fsp3) is 0.273. The first kappa shape index (κ1) is 12.7. The lowest BCUT2D eigenvalue weighted by molar-refractivity contribution is -0.129. The largest absolute Gasteiger partial charge is 0.301 e. The second-order valence-corrected chi connectivity index (χ2v) is 5.35. The van der Waals surface area contributed by atoms with Gasteiger partial charge in [-0.2, -0.15) is 0 Å². The minimum Gasteiger partial charge on any atom is -0.301 e. The lowest BCUT2D eigenvalue weighted by atomic mass is 10.1. The van der Waals surface area contributed by atoms with Crippen LogP contribution in [-0.2, 0) is 9.59 Å². The molecule has 1 aliphatic heterocycles. The molecule has 0 saturated carbocycles. The van der Waals surface area contributed by atoms with Crippen LogP contribution >= 0.6 is 35.1 Å². The molecule has 2 atom stereocenters. The smallest absolute Gasteiger partial charge is 0.252 e. The van der Waals surface area contributed by atoms with E-state index in [-0.39, 0.29) is 11.8 Å². The molecule has 0 N–H and O–H groups in total. The molecule has 1 aliphatic rings. The molecule has 6 heteroatoms. The number of fused-ring (bicyclic) bond motifs is 1. The number of halogens is 2. The van der Waals surface area contributed by atoms with Gasteiger partial charge in [0.1, 0.15) is 17.7 Å². The van der Waals surface area contributed by atoms with Crippen LogP contribution in [0.2, 0.25) is 0 Å². The van der Waals surface area contributed by atoms with Crippen LogP contribution in [0.3, 0.4) is 0 Å². The number of hydrogen-bond acceptors (Lipinski definition) is 3. The maximum Gasteiger partial charge on any atom is 0.252 e. The highest BCUT2D eigenvalue weighted by Gasteiger charge is 2.36. The van der Waals surface area contributed by atoms with E-state index in [0.29, 0.717) is 0 Å². The molecule has 0 spiro atoms. The Morgan fingerprint density at radius 3 is 2.88 bits per heavy atom. The van der Waals surface area contributed by atoms with Crippen molar-refractivity contribution < 1.29 is 9.59 Å². The third kappa shape index (κ3) is 2.30. The first-order chi connectivity index (χ1) is 8.19. The molecule has 2 unspecified atom stereocenters. The van der Waals surface area contributed by atoms with E-state index in [1.807, 2.05) is 24.3 Å². The minimum atomic E-state index is -0.805. The number of hydrogen-bond donors (Lipinski definition) is 0. The number of aldehydes is 1. The fourth-order valence-electron chi connectivity index (χ4n) is 1.61. The van der Waals surface area contributed by atoms with Gasteiger partial charge in [-0.1, -0.05) is 18.2 Å². The Morgan fingerprint density at radius 2 is 2.24 bits per heavy atom. The van der Waals surface area contributed by atoms with E-state index in [1.54, 1.807) is 0 Å². The number of carbonyl (C=O) groups is 2. The standard InChI is InChI=1S/C11H9Cl2NO2S/c12-5-8(13)11(16)14-9(6-15)7-3-1-2-4-10(7)17-14/h1-4,6,8-9H,5H2. The molecule has 3 nitrogen and oxygen atoms in total. The number of rotatable bonds is 3. The van der Waals surface area contributed by atoms with E-state index in [0.717, 1.165) is 16.7 Å². The summed E-state index contributed by atoms with van der Waals surface area (Å²) < 4.78 is 1.39. The first-order valence-electron chi connectivity index (χ1n) is 4.94. The number of amides is 1. The van der Waals surface area contributed by atoms with Gasteiger partial charge in [-0.25, -0.2) is 0 Å². The topological polar surface area (TPSA) is 37.4 Å². The molecule has 0 saturated heterocycles. The van der Waals surface area contributed by atoms with Gasteiger partial charge in [0.25, 0.3) is 5.91 Å². The summed E-state index contributed by atoms with van der Waals surface area (Å²) in [4.78, 5) is 24.0. The van der Waals surface area contributed by atoms with Gasteiger partial charge in [0, 0.05) is 10.8 Å². The second-order valence-electron chi connectivity index (χ2n) is 3.50. The molecule has 1 heterocycles. The summed E-state index contributed by atoms with van der Waals surface area (Å²) in [5.74, 6) is -0.306. The summed E-state index contributed by atoms with van der Waals surface area (Å²) in [6.45, 7) is 0. The predicted octanol–water partition coefficient (Wildman–Crippen LogP) is 2.62. The van der Waals surface area contributed by atoms with Crippen LogP contribution in [0.25, 0.3) is 0 Å². The monoisotopic (exact) mass is 289 g/mol. The Kier molecular flexibility index (Phi) is 3.97. The van der Waals surface area contributed by atoms with Gasteiger partial charge in [0.05, 0.1) is 0 Å². The zero-order chi connectivity index (χ0) is 12.4. The number of carbonyl (C=O) groups excluding carboxylic acids is 2. The number of benzene rings is 1. The number of nitrogens with zero attached hydrogens (tertiary/aromatic N) is 1. The van der Waals surface area contributed by atoms with E-state index < -0.39 is 11.4 Å². The molecule has 0 radical (unpaired) electrons. The zero-order valence-corrected chi connectivity index (χ0v) is 11.0. The molecule has 0 aromatic heterocycles. The highest BCUT2D eigenvalue weighted by atomic mass is 35.5. The number of alkyl halides is 2. The van der Waals surface area contributed by atoms with Crippen molar-refractivity contribution in [3.8, 4) is 0 Å². The average Bonchev–Trinajstić information content (AvgIpc) is 2.75. The van der Waals surface area contributed by atoms with E-state index in [4.69, 9.17) is 23.2 Å². The lowest BCUT2D eigenvalue weighted by Gasteiger charge is -2.20. The van der Waals surface area contributed by atoms with Crippen molar-refractivity contribution in [2.75, 3.05) is 5.88 Å². The maximum atomic E-state index is 11.9. The summed E-state index contributed by atoms with van der Waals surface area (Å²) in [5.41, 5.74) is 0.833. The van der Waals surface area contributed by atoms with Gasteiger partial charge < -0.3 is 4.79 Å². The van der Waals surface area contributed by atoms with Gasteiger partial charge in [0.15, 0.2) is 0 Å². The summed E-state index contributed by atoms with van der Waals surface area (Å²) in [6.07, 6.45) is 0.745. The molecule has 90 valence electrons. The van der Waals surface area contributed by atoms with Crippen LogP contribution in [0, 0.1) is 0 Å². The van der Waals surface area contributed by atoms with E-state index in [9.17, 15) is 9.59 Å². The molecule has 0 fully saturated rings. The molecule has 1 aromatic carbocycles. The van der Waals surface area contributed by atoms with Crippen LogP contribution < -0.4 is 0 Å². The Labute approximate surface area is 113 Å². The minimum absolute atomic E-state index is 0.0272. The van der Waals surface area contributed by atoms with Gasteiger partial charge >= 0.3 is 0 Å². The fourth-order valence-corrected chi connectivity index (χ4v) is 3.05. The van der Waals surface area contributed by atoms with E-state index in [2.05, 4.69) is 0 Å². The van der Waals surface area contributed by atoms with Gasteiger partial charge in [-0.3, -0.25) is 9.10 Å². The zero-order valence-electron chi connectivity index (χ0n) is 8.68. The molecule has 2 rings (SSSR count). The molecule has 1 amide bonds. The van der Waals surface area contributed by atoms with Crippen molar-refractivity contribution in [2.45, 2.75) is 16.3 Å². The van der Waals surface area contributed by atoms with Gasteiger partial charge in [-0.05, 0) is 23.6 Å². The summed E-state index contributed by atoms with van der Waals surface area (Å²) >= 11 is 12.6. The molecule has 0 aliphatic carbocycles. The third-order valence-electron chi connectivity index (χ3n) is 2.44. The molecule has 1 aromatic rings. The van der Waals surface area contributed by atoms with E-state index >= 15 is 0 Å². The summed E-state index contributed by atoms with van der Waals surface area (Å²) in [7, 11) is 0. The van der Waals surface area contributed by atoms with Crippen LogP contribution in [0.1, 0.15) is 11.6 Å². The highest BCUT2D eigenvalue weighted by molar-refractivity contribution is 7.98. The Morgan fingerprint density at radius 1 is 1.53 bits per heavy atom. The van der Waals surface area contributed by atoms with Crippen molar-refractivity contribution >= 4 is 47.3 Å². The quantitative estimate of drug-likeness (QED) is 0.488. The van der Waals surface area contributed by atoms with Crippen molar-refractivity contribution in [1.82, 2.24) is 4.31 Å². The van der Waals surface area contributed by atoms with Crippen LogP contribution in [0.15, 0.2) is 29.2 Å². The van der Waals surface area contributed by atoms with Crippen LogP contribution in [0.4, 0.5) is 0 Å². The Bertz CT molecular complexity index is 455. The highest BCUT2D eigenvalue weighted by Crippen LogP contribution is 2.43. The third-order valence-corrected chi connectivity index (χ3v) is 4.42. The molecule has 17 heavy (non-hydrogen) atoms. The average molecular weight is 290 g/mol.